The van der Waals surface area contributed by atoms with E-state index in [9.17, 15) is 9.59 Å². The number of nitrogens with zero attached hydrogens (tertiary/aromatic N) is 3. The third-order valence-corrected chi connectivity index (χ3v) is 6.23. The quantitative estimate of drug-likeness (QED) is 0.357. The van der Waals surface area contributed by atoms with Crippen LogP contribution >= 0.6 is 11.3 Å². The lowest BCUT2D eigenvalue weighted by atomic mass is 10.1. The molecule has 0 saturated carbocycles. The van der Waals surface area contributed by atoms with Crippen LogP contribution in [0.5, 0.6) is 11.5 Å². The van der Waals surface area contributed by atoms with E-state index in [0.717, 1.165) is 5.56 Å². The van der Waals surface area contributed by atoms with Gasteiger partial charge in [-0.2, -0.15) is 4.52 Å². The van der Waals surface area contributed by atoms with Gasteiger partial charge >= 0.3 is 0 Å². The number of hydrogen-bond donors (Lipinski definition) is 2. The van der Waals surface area contributed by atoms with Gasteiger partial charge in [0.25, 0.3) is 11.5 Å². The van der Waals surface area contributed by atoms with Crippen molar-refractivity contribution in [2.24, 2.45) is 0 Å². The van der Waals surface area contributed by atoms with Crippen LogP contribution in [0.2, 0.25) is 0 Å². The van der Waals surface area contributed by atoms with E-state index >= 15 is 0 Å². The standard InChI is InChI=1S/C25H21N5O4S/c1-33-18-10-11-21(34-2)16(13-18)14-26-22(31)15-6-5-7-17(12-15)27-24-29-30-23(32)19-8-3-4-9-20(19)28-25(30)35-24/h3-13H,14H2,1-2H3,(H,26,31)(H,27,29). The van der Waals surface area contributed by atoms with Crippen molar-refractivity contribution in [2.75, 3.05) is 19.5 Å². The number of nitrogens with one attached hydrogen (secondary N) is 2. The lowest BCUT2D eigenvalue weighted by Crippen LogP contribution is -2.23. The number of fused-ring (bicyclic) bond motifs is 2. The molecule has 10 heteroatoms. The number of amides is 1. The fourth-order valence-corrected chi connectivity index (χ4v) is 4.48. The maximum Gasteiger partial charge on any atom is 0.283 e. The van der Waals surface area contributed by atoms with Crippen molar-refractivity contribution in [3.63, 3.8) is 0 Å². The summed E-state index contributed by atoms with van der Waals surface area (Å²) in [6, 6.07) is 19.6. The van der Waals surface area contributed by atoms with E-state index in [1.807, 2.05) is 18.2 Å². The fraction of sp³-hybridized carbons (Fsp3) is 0.120. The Bertz CT molecular complexity index is 1610. The first-order valence-corrected chi connectivity index (χ1v) is 11.5. The molecule has 176 valence electrons. The SMILES string of the molecule is COc1ccc(OC)c(CNC(=O)c2cccc(Nc3nn4c(=O)c5ccccc5nc4s3)c2)c1. The minimum Gasteiger partial charge on any atom is -0.497 e. The second-order valence-corrected chi connectivity index (χ2v) is 8.56. The van der Waals surface area contributed by atoms with Gasteiger partial charge in [0.2, 0.25) is 10.1 Å². The zero-order chi connectivity index (χ0) is 24.4. The molecule has 2 heterocycles. The van der Waals surface area contributed by atoms with Gasteiger partial charge in [0.05, 0.1) is 25.1 Å². The van der Waals surface area contributed by atoms with Gasteiger partial charge in [0.15, 0.2) is 0 Å². The molecule has 35 heavy (non-hydrogen) atoms. The van der Waals surface area contributed by atoms with E-state index in [4.69, 9.17) is 9.47 Å². The summed E-state index contributed by atoms with van der Waals surface area (Å²) in [6.45, 7) is 0.275. The summed E-state index contributed by atoms with van der Waals surface area (Å²) in [4.78, 5) is 30.6. The van der Waals surface area contributed by atoms with E-state index in [1.165, 1.54) is 15.9 Å². The molecule has 0 spiro atoms. The van der Waals surface area contributed by atoms with Gasteiger partial charge in [-0.05, 0) is 48.5 Å². The highest BCUT2D eigenvalue weighted by Crippen LogP contribution is 2.25. The molecule has 0 fully saturated rings. The largest absolute Gasteiger partial charge is 0.497 e. The van der Waals surface area contributed by atoms with E-state index in [0.29, 0.717) is 43.7 Å². The molecule has 5 aromatic rings. The summed E-state index contributed by atoms with van der Waals surface area (Å²) in [7, 11) is 3.17. The van der Waals surface area contributed by atoms with Crippen LogP contribution in [0.15, 0.2) is 71.5 Å². The Labute approximate surface area is 204 Å². The van der Waals surface area contributed by atoms with Crippen molar-refractivity contribution >= 4 is 43.9 Å². The van der Waals surface area contributed by atoms with E-state index < -0.39 is 0 Å². The van der Waals surface area contributed by atoms with Crippen LogP contribution in [-0.4, -0.2) is 34.7 Å². The van der Waals surface area contributed by atoms with E-state index in [1.54, 1.807) is 62.8 Å². The van der Waals surface area contributed by atoms with E-state index in [-0.39, 0.29) is 18.0 Å². The van der Waals surface area contributed by atoms with Crippen LogP contribution < -0.4 is 25.7 Å². The molecule has 2 N–H and O–H groups in total. The molecular formula is C25H21N5O4S. The number of carbonyl (C=O) groups excluding carboxylic acids is 1. The molecule has 0 aliphatic carbocycles. The highest BCUT2D eigenvalue weighted by Gasteiger charge is 2.13. The summed E-state index contributed by atoms with van der Waals surface area (Å²) in [6.07, 6.45) is 0. The van der Waals surface area contributed by atoms with Crippen molar-refractivity contribution in [1.29, 1.82) is 0 Å². The zero-order valence-corrected chi connectivity index (χ0v) is 19.8. The molecule has 3 aromatic carbocycles. The predicted octanol–water partition coefficient (Wildman–Crippen LogP) is 4.00. The Balaban J connectivity index is 1.34. The van der Waals surface area contributed by atoms with Crippen LogP contribution in [0.4, 0.5) is 10.8 Å². The molecule has 0 saturated heterocycles. The average Bonchev–Trinajstić information content (AvgIpc) is 3.29. The van der Waals surface area contributed by atoms with Gasteiger partial charge in [-0.1, -0.05) is 29.5 Å². The molecule has 0 bridgehead atoms. The number of hydrogen-bond acceptors (Lipinski definition) is 8. The van der Waals surface area contributed by atoms with Crippen LogP contribution in [0, 0.1) is 0 Å². The number of rotatable bonds is 7. The molecule has 5 rings (SSSR count). The van der Waals surface area contributed by atoms with Crippen LogP contribution in [0.25, 0.3) is 15.9 Å². The highest BCUT2D eigenvalue weighted by atomic mass is 32.1. The molecule has 0 unspecified atom stereocenters. The second-order valence-electron chi connectivity index (χ2n) is 7.60. The number of ether oxygens (including phenoxy) is 2. The number of carbonyl (C=O) groups is 1. The number of aromatic nitrogens is 3. The number of anilines is 2. The molecule has 0 radical (unpaired) electrons. The molecule has 1 amide bonds. The normalized spacial score (nSPS) is 10.9. The average molecular weight is 488 g/mol. The Morgan fingerprint density at radius 1 is 1.03 bits per heavy atom. The Morgan fingerprint density at radius 2 is 1.89 bits per heavy atom. The molecule has 0 aliphatic rings. The van der Waals surface area contributed by atoms with Crippen molar-refractivity contribution in [3.05, 3.63) is 88.2 Å². The van der Waals surface area contributed by atoms with Crippen molar-refractivity contribution in [2.45, 2.75) is 6.54 Å². The van der Waals surface area contributed by atoms with Crippen molar-refractivity contribution in [3.8, 4) is 11.5 Å². The molecule has 9 nitrogen and oxygen atoms in total. The molecule has 2 aromatic heterocycles. The highest BCUT2D eigenvalue weighted by molar-refractivity contribution is 7.20. The zero-order valence-electron chi connectivity index (χ0n) is 18.9. The third-order valence-electron chi connectivity index (χ3n) is 5.41. The minimum atomic E-state index is -0.244. The number of methoxy groups -OCH3 is 2. The smallest absolute Gasteiger partial charge is 0.283 e. The van der Waals surface area contributed by atoms with Crippen molar-refractivity contribution < 1.29 is 14.3 Å². The summed E-state index contributed by atoms with van der Waals surface area (Å²) in [5.74, 6) is 1.10. The number of benzene rings is 3. The Hall–Kier alpha value is -4.44. The predicted molar refractivity (Wildman–Crippen MR) is 135 cm³/mol. The lowest BCUT2D eigenvalue weighted by molar-refractivity contribution is 0.0950. The summed E-state index contributed by atoms with van der Waals surface area (Å²) < 4.78 is 11.9. The lowest BCUT2D eigenvalue weighted by Gasteiger charge is -2.12. The fourth-order valence-electron chi connectivity index (χ4n) is 3.67. The number of para-hydroxylation sites is 1. The van der Waals surface area contributed by atoms with Gasteiger partial charge in [-0.3, -0.25) is 9.59 Å². The maximum atomic E-state index is 12.8. The Morgan fingerprint density at radius 3 is 2.71 bits per heavy atom. The third kappa shape index (κ3) is 4.51. The van der Waals surface area contributed by atoms with Gasteiger partial charge in [-0.15, -0.1) is 5.10 Å². The monoisotopic (exact) mass is 487 g/mol. The first-order valence-electron chi connectivity index (χ1n) is 10.7. The van der Waals surface area contributed by atoms with Crippen molar-refractivity contribution in [1.82, 2.24) is 19.9 Å². The van der Waals surface area contributed by atoms with Gasteiger partial charge < -0.3 is 20.1 Å². The summed E-state index contributed by atoms with van der Waals surface area (Å²) >= 11 is 1.25. The first-order chi connectivity index (χ1) is 17.1. The second kappa shape index (κ2) is 9.43. The van der Waals surface area contributed by atoms with Crippen LogP contribution in [0.3, 0.4) is 0 Å². The van der Waals surface area contributed by atoms with Crippen LogP contribution in [0.1, 0.15) is 15.9 Å². The van der Waals surface area contributed by atoms with Gasteiger partial charge in [-0.25, -0.2) is 4.98 Å². The summed E-state index contributed by atoms with van der Waals surface area (Å²) in [5, 5.41) is 11.4. The Kier molecular flexibility index (Phi) is 6.02. The minimum absolute atomic E-state index is 0.226. The molecule has 0 aliphatic heterocycles. The summed E-state index contributed by atoms with van der Waals surface area (Å²) in [5.41, 5.74) is 2.33. The van der Waals surface area contributed by atoms with Gasteiger partial charge in [0, 0.05) is 23.4 Å². The van der Waals surface area contributed by atoms with Gasteiger partial charge in [0.1, 0.15) is 11.5 Å². The molecular weight excluding hydrogens is 466 g/mol. The molecule has 0 atom stereocenters. The topological polar surface area (TPSA) is 107 Å². The first kappa shape index (κ1) is 22.4. The van der Waals surface area contributed by atoms with E-state index in [2.05, 4.69) is 20.7 Å². The van der Waals surface area contributed by atoms with Crippen LogP contribution in [-0.2, 0) is 6.54 Å². The maximum absolute atomic E-state index is 12.8.